The van der Waals surface area contributed by atoms with Crippen LogP contribution in [0.25, 0.3) is 0 Å². The molecule has 0 aromatic heterocycles. The quantitative estimate of drug-likeness (QED) is 0.563. The zero-order chi connectivity index (χ0) is 22.2. The molecule has 0 aliphatic heterocycles. The highest BCUT2D eigenvalue weighted by Gasteiger charge is 2.22. The lowest BCUT2D eigenvalue weighted by Crippen LogP contribution is -2.34. The van der Waals surface area contributed by atoms with Crippen molar-refractivity contribution in [1.82, 2.24) is 4.90 Å². The molecular formula is C26H28N2O3. The Morgan fingerprint density at radius 3 is 2.35 bits per heavy atom. The van der Waals surface area contributed by atoms with Crippen molar-refractivity contribution in [2.24, 2.45) is 0 Å². The molecule has 0 radical (unpaired) electrons. The van der Waals surface area contributed by atoms with Crippen LogP contribution in [0.5, 0.6) is 5.75 Å². The number of hydrogen-bond donors (Lipinski definition) is 1. The molecule has 3 aromatic carbocycles. The molecular weight excluding hydrogens is 388 g/mol. The highest BCUT2D eigenvalue weighted by molar-refractivity contribution is 5.88. The molecule has 3 rings (SSSR count). The van der Waals surface area contributed by atoms with E-state index in [1.54, 1.807) is 7.11 Å². The first-order chi connectivity index (χ1) is 15.0. The first-order valence-corrected chi connectivity index (χ1v) is 10.3. The maximum atomic E-state index is 13.4. The van der Waals surface area contributed by atoms with Gasteiger partial charge in [0.2, 0.25) is 11.8 Å². The van der Waals surface area contributed by atoms with Crippen LogP contribution in [0.1, 0.15) is 36.6 Å². The molecule has 2 amide bonds. The van der Waals surface area contributed by atoms with Crippen LogP contribution < -0.4 is 10.1 Å². The fraction of sp³-hybridized carbons (Fsp3) is 0.231. The molecule has 1 unspecified atom stereocenters. The third kappa shape index (κ3) is 6.19. The summed E-state index contributed by atoms with van der Waals surface area (Å²) in [5.41, 5.74) is 3.64. The molecule has 0 saturated heterocycles. The normalized spacial score (nSPS) is 11.5. The number of carbonyl (C=O) groups excluding carboxylic acids is 2. The van der Waals surface area contributed by atoms with E-state index in [0.29, 0.717) is 6.54 Å². The second-order valence-corrected chi connectivity index (χ2v) is 7.52. The van der Waals surface area contributed by atoms with Crippen LogP contribution in [0.4, 0.5) is 5.69 Å². The predicted molar refractivity (Wildman–Crippen MR) is 123 cm³/mol. The van der Waals surface area contributed by atoms with E-state index in [9.17, 15) is 9.59 Å². The first kappa shape index (κ1) is 22.1. The van der Waals surface area contributed by atoms with Gasteiger partial charge in [-0.2, -0.15) is 0 Å². The Labute approximate surface area is 183 Å². The number of amides is 2. The standard InChI is InChI=1S/C26H28N2O3/c1-19(23-12-8-13-24(17-23)27-20(2)29)28(18-21-9-5-4-6-10-21)26(30)16-22-11-7-14-25(15-22)31-3/h4-15,17,19H,16,18H2,1-3H3,(H,27,29). The number of rotatable bonds is 8. The van der Waals surface area contributed by atoms with E-state index in [1.807, 2.05) is 90.7 Å². The second-order valence-electron chi connectivity index (χ2n) is 7.52. The third-order valence-electron chi connectivity index (χ3n) is 5.16. The van der Waals surface area contributed by atoms with Crippen molar-refractivity contribution < 1.29 is 14.3 Å². The summed E-state index contributed by atoms with van der Waals surface area (Å²) in [6.45, 7) is 3.99. The summed E-state index contributed by atoms with van der Waals surface area (Å²) in [5.74, 6) is 0.630. The Kier molecular flexibility index (Phi) is 7.44. The molecule has 31 heavy (non-hydrogen) atoms. The summed E-state index contributed by atoms with van der Waals surface area (Å²) in [4.78, 5) is 26.7. The summed E-state index contributed by atoms with van der Waals surface area (Å²) in [7, 11) is 1.62. The molecule has 0 bridgehead atoms. The van der Waals surface area contributed by atoms with Gasteiger partial charge in [0.1, 0.15) is 5.75 Å². The molecule has 0 fully saturated rings. The SMILES string of the molecule is COc1cccc(CC(=O)N(Cc2ccccc2)C(C)c2cccc(NC(C)=O)c2)c1. The minimum atomic E-state index is -0.174. The smallest absolute Gasteiger partial charge is 0.227 e. The first-order valence-electron chi connectivity index (χ1n) is 10.3. The minimum Gasteiger partial charge on any atom is -0.497 e. The van der Waals surface area contributed by atoms with Gasteiger partial charge in [-0.05, 0) is 47.9 Å². The van der Waals surface area contributed by atoms with Gasteiger partial charge in [-0.25, -0.2) is 0 Å². The van der Waals surface area contributed by atoms with Gasteiger partial charge in [0.15, 0.2) is 0 Å². The number of methoxy groups -OCH3 is 1. The van der Waals surface area contributed by atoms with Crippen LogP contribution in [0.15, 0.2) is 78.9 Å². The number of carbonyl (C=O) groups is 2. The number of ether oxygens (including phenoxy) is 1. The van der Waals surface area contributed by atoms with Crippen molar-refractivity contribution in [2.45, 2.75) is 32.9 Å². The van der Waals surface area contributed by atoms with Crippen LogP contribution in [-0.4, -0.2) is 23.8 Å². The van der Waals surface area contributed by atoms with Crippen molar-refractivity contribution in [2.75, 3.05) is 12.4 Å². The van der Waals surface area contributed by atoms with E-state index in [4.69, 9.17) is 4.74 Å². The largest absolute Gasteiger partial charge is 0.497 e. The molecule has 3 aromatic rings. The summed E-state index contributed by atoms with van der Waals surface area (Å²) < 4.78 is 5.29. The molecule has 0 heterocycles. The topological polar surface area (TPSA) is 58.6 Å². The molecule has 0 aliphatic carbocycles. The van der Waals surface area contributed by atoms with Gasteiger partial charge in [-0.1, -0.05) is 54.6 Å². The molecule has 1 atom stereocenters. The van der Waals surface area contributed by atoms with Crippen LogP contribution >= 0.6 is 0 Å². The Hall–Kier alpha value is -3.60. The molecule has 0 aliphatic rings. The fourth-order valence-electron chi connectivity index (χ4n) is 3.54. The highest BCUT2D eigenvalue weighted by atomic mass is 16.5. The monoisotopic (exact) mass is 416 g/mol. The molecule has 5 heteroatoms. The van der Waals surface area contributed by atoms with Crippen LogP contribution in [0.3, 0.4) is 0 Å². The maximum Gasteiger partial charge on any atom is 0.227 e. The lowest BCUT2D eigenvalue weighted by atomic mass is 10.0. The zero-order valence-corrected chi connectivity index (χ0v) is 18.2. The Morgan fingerprint density at radius 1 is 0.935 bits per heavy atom. The van der Waals surface area contributed by atoms with E-state index in [2.05, 4.69) is 5.32 Å². The van der Waals surface area contributed by atoms with Crippen molar-refractivity contribution in [3.8, 4) is 5.75 Å². The molecule has 0 spiro atoms. The number of nitrogens with one attached hydrogen (secondary N) is 1. The summed E-state index contributed by atoms with van der Waals surface area (Å²) in [6, 6.07) is 25.0. The van der Waals surface area contributed by atoms with Gasteiger partial charge in [-0.15, -0.1) is 0 Å². The Morgan fingerprint density at radius 2 is 1.65 bits per heavy atom. The number of hydrogen-bond acceptors (Lipinski definition) is 3. The van der Waals surface area contributed by atoms with Crippen molar-refractivity contribution in [3.05, 3.63) is 95.6 Å². The Balaban J connectivity index is 1.88. The number of nitrogens with zero attached hydrogens (tertiary/aromatic N) is 1. The lowest BCUT2D eigenvalue weighted by molar-refractivity contribution is -0.133. The highest BCUT2D eigenvalue weighted by Crippen LogP contribution is 2.26. The summed E-state index contributed by atoms with van der Waals surface area (Å²) >= 11 is 0. The van der Waals surface area contributed by atoms with E-state index < -0.39 is 0 Å². The van der Waals surface area contributed by atoms with Gasteiger partial charge < -0.3 is 15.0 Å². The van der Waals surface area contributed by atoms with Crippen LogP contribution in [0.2, 0.25) is 0 Å². The average molecular weight is 417 g/mol. The van der Waals surface area contributed by atoms with E-state index >= 15 is 0 Å². The molecule has 5 nitrogen and oxygen atoms in total. The molecule has 160 valence electrons. The predicted octanol–water partition coefficient (Wildman–Crippen LogP) is 4.99. The van der Waals surface area contributed by atoms with Gasteiger partial charge in [-0.3, -0.25) is 9.59 Å². The van der Waals surface area contributed by atoms with E-state index in [-0.39, 0.29) is 24.3 Å². The minimum absolute atomic E-state index is 0.0227. The second kappa shape index (κ2) is 10.4. The number of anilines is 1. The van der Waals surface area contributed by atoms with Gasteiger partial charge in [0.25, 0.3) is 0 Å². The van der Waals surface area contributed by atoms with Crippen molar-refractivity contribution in [1.29, 1.82) is 0 Å². The summed E-state index contributed by atoms with van der Waals surface area (Å²) in [6.07, 6.45) is 0.278. The fourth-order valence-corrected chi connectivity index (χ4v) is 3.54. The van der Waals surface area contributed by atoms with Crippen LogP contribution in [0, 0.1) is 0 Å². The van der Waals surface area contributed by atoms with Gasteiger partial charge >= 0.3 is 0 Å². The van der Waals surface area contributed by atoms with Gasteiger partial charge in [0.05, 0.1) is 19.6 Å². The van der Waals surface area contributed by atoms with Crippen molar-refractivity contribution >= 4 is 17.5 Å². The van der Waals surface area contributed by atoms with E-state index in [1.165, 1.54) is 6.92 Å². The van der Waals surface area contributed by atoms with E-state index in [0.717, 1.165) is 28.1 Å². The van der Waals surface area contributed by atoms with Crippen molar-refractivity contribution in [3.63, 3.8) is 0 Å². The molecule has 0 saturated carbocycles. The zero-order valence-electron chi connectivity index (χ0n) is 18.2. The van der Waals surface area contributed by atoms with Gasteiger partial charge in [0, 0.05) is 19.2 Å². The van der Waals surface area contributed by atoms with Crippen LogP contribution in [-0.2, 0) is 22.6 Å². The lowest BCUT2D eigenvalue weighted by Gasteiger charge is -2.30. The Bertz CT molecular complexity index is 1030. The number of benzene rings is 3. The average Bonchev–Trinajstić information content (AvgIpc) is 2.77. The summed E-state index contributed by atoms with van der Waals surface area (Å²) in [5, 5.41) is 2.81. The molecule has 1 N–H and O–H groups in total. The maximum absolute atomic E-state index is 13.4. The third-order valence-corrected chi connectivity index (χ3v) is 5.16.